The first-order chi connectivity index (χ1) is 12.6. The van der Waals surface area contributed by atoms with Crippen LogP contribution in [0.1, 0.15) is 11.1 Å². The van der Waals surface area contributed by atoms with E-state index in [1.54, 1.807) is 0 Å². The number of alkyl halides is 3. The molecule has 0 aliphatic rings. The highest BCUT2D eigenvalue weighted by atomic mass is 35.5. The van der Waals surface area contributed by atoms with Crippen LogP contribution in [0.4, 0.5) is 18.9 Å². The lowest BCUT2D eigenvalue weighted by Crippen LogP contribution is -2.21. The Kier molecular flexibility index (Phi) is 6.87. The van der Waals surface area contributed by atoms with Crippen molar-refractivity contribution >= 4 is 40.7 Å². The van der Waals surface area contributed by atoms with Crippen LogP contribution in [0.2, 0.25) is 10.0 Å². The lowest BCUT2D eigenvalue weighted by atomic mass is 10.1. The maximum atomic E-state index is 12.6. The summed E-state index contributed by atoms with van der Waals surface area (Å²) in [4.78, 5) is 23.5. The molecule has 0 aromatic heterocycles. The van der Waals surface area contributed by atoms with Crippen molar-refractivity contribution in [2.24, 2.45) is 0 Å². The molecule has 0 bridgehead atoms. The van der Waals surface area contributed by atoms with E-state index in [1.807, 2.05) is 0 Å². The Hall–Kier alpha value is -2.51. The molecule has 9 heteroatoms. The minimum absolute atomic E-state index is 0.110. The van der Waals surface area contributed by atoms with Gasteiger partial charge in [-0.05, 0) is 35.9 Å². The van der Waals surface area contributed by atoms with Gasteiger partial charge in [-0.1, -0.05) is 35.3 Å². The fraction of sp³-hybridized carbons (Fsp3) is 0.111. The summed E-state index contributed by atoms with van der Waals surface area (Å²) in [6, 6.07) is 9.09. The van der Waals surface area contributed by atoms with Crippen LogP contribution in [0.3, 0.4) is 0 Å². The van der Waals surface area contributed by atoms with E-state index in [-0.39, 0.29) is 17.1 Å². The second-order valence-corrected chi connectivity index (χ2v) is 6.18. The molecule has 2 N–H and O–H groups in total. The van der Waals surface area contributed by atoms with Crippen LogP contribution in [-0.2, 0) is 22.3 Å². The molecule has 0 unspecified atom stereocenters. The lowest BCUT2D eigenvalue weighted by Gasteiger charge is -2.09. The maximum Gasteiger partial charge on any atom is 0.416 e. The first kappa shape index (κ1) is 20.8. The largest absolute Gasteiger partial charge is 0.416 e. The number of hydrogen-bond acceptors (Lipinski definition) is 2. The van der Waals surface area contributed by atoms with E-state index in [4.69, 9.17) is 23.2 Å². The third kappa shape index (κ3) is 6.62. The third-order valence-corrected chi connectivity index (χ3v) is 4.03. The second-order valence-electron chi connectivity index (χ2n) is 5.37. The number of rotatable bonds is 5. The topological polar surface area (TPSA) is 58.2 Å². The van der Waals surface area contributed by atoms with Crippen molar-refractivity contribution < 1.29 is 22.8 Å². The number of carbonyl (C=O) groups is 2. The molecule has 2 rings (SSSR count). The normalized spacial score (nSPS) is 11.4. The van der Waals surface area contributed by atoms with E-state index < -0.39 is 23.6 Å². The van der Waals surface area contributed by atoms with Crippen molar-refractivity contribution in [2.75, 3.05) is 5.32 Å². The van der Waals surface area contributed by atoms with E-state index in [9.17, 15) is 22.8 Å². The van der Waals surface area contributed by atoms with Crippen molar-refractivity contribution in [3.63, 3.8) is 0 Å². The minimum Gasteiger partial charge on any atom is -0.348 e. The van der Waals surface area contributed by atoms with Crippen molar-refractivity contribution in [3.05, 3.63) is 75.8 Å². The third-order valence-electron chi connectivity index (χ3n) is 3.29. The fourth-order valence-electron chi connectivity index (χ4n) is 2.01. The van der Waals surface area contributed by atoms with Crippen LogP contribution in [0.5, 0.6) is 0 Å². The first-order valence-electron chi connectivity index (χ1n) is 7.53. The average molecular weight is 417 g/mol. The van der Waals surface area contributed by atoms with Gasteiger partial charge >= 0.3 is 6.18 Å². The molecular formula is C18H13Cl2F3N2O2. The Morgan fingerprint density at radius 1 is 0.963 bits per heavy atom. The highest BCUT2D eigenvalue weighted by Gasteiger charge is 2.30. The van der Waals surface area contributed by atoms with Crippen LogP contribution in [-0.4, -0.2) is 11.8 Å². The summed E-state index contributed by atoms with van der Waals surface area (Å²) in [5, 5.41) is 5.49. The van der Waals surface area contributed by atoms with Gasteiger partial charge in [-0.25, -0.2) is 0 Å². The molecule has 0 spiro atoms. The predicted octanol–water partition coefficient (Wildman–Crippen LogP) is 4.82. The van der Waals surface area contributed by atoms with Crippen molar-refractivity contribution in [3.8, 4) is 0 Å². The molecule has 2 amide bonds. The highest BCUT2D eigenvalue weighted by Crippen LogP contribution is 2.29. The Balaban J connectivity index is 1.87. The molecule has 2 aromatic carbocycles. The molecule has 0 saturated carbocycles. The van der Waals surface area contributed by atoms with E-state index in [0.29, 0.717) is 10.7 Å². The van der Waals surface area contributed by atoms with Crippen LogP contribution in [0, 0.1) is 0 Å². The Labute approximate surface area is 163 Å². The van der Waals surface area contributed by atoms with Gasteiger partial charge in [0.2, 0.25) is 11.8 Å². The van der Waals surface area contributed by atoms with Crippen molar-refractivity contribution in [2.45, 2.75) is 12.7 Å². The van der Waals surface area contributed by atoms with E-state index in [1.165, 1.54) is 30.3 Å². The van der Waals surface area contributed by atoms with E-state index >= 15 is 0 Å². The number of benzene rings is 2. The number of halogens is 5. The van der Waals surface area contributed by atoms with Crippen LogP contribution >= 0.6 is 23.2 Å². The summed E-state index contributed by atoms with van der Waals surface area (Å²) in [5.41, 5.74) is -0.124. The molecule has 0 aliphatic heterocycles. The van der Waals surface area contributed by atoms with Gasteiger partial charge in [-0.15, -0.1) is 0 Å². The minimum atomic E-state index is -4.46. The molecule has 4 nitrogen and oxygen atoms in total. The molecule has 27 heavy (non-hydrogen) atoms. The zero-order valence-electron chi connectivity index (χ0n) is 13.6. The van der Waals surface area contributed by atoms with Crippen molar-refractivity contribution in [1.29, 1.82) is 0 Å². The van der Waals surface area contributed by atoms with Gasteiger partial charge in [-0.2, -0.15) is 13.2 Å². The summed E-state index contributed by atoms with van der Waals surface area (Å²) in [5.74, 6) is -1.21. The monoisotopic (exact) mass is 416 g/mol. The highest BCUT2D eigenvalue weighted by molar-refractivity contribution is 6.42. The second kappa shape index (κ2) is 8.92. The van der Waals surface area contributed by atoms with E-state index in [2.05, 4.69) is 10.6 Å². The van der Waals surface area contributed by atoms with E-state index in [0.717, 1.165) is 24.3 Å². The number of amides is 2. The predicted molar refractivity (Wildman–Crippen MR) is 97.5 cm³/mol. The molecule has 0 atom stereocenters. The number of hydrogen-bond donors (Lipinski definition) is 2. The van der Waals surface area contributed by atoms with Crippen molar-refractivity contribution in [1.82, 2.24) is 5.32 Å². The number of nitrogens with one attached hydrogen (secondary N) is 2. The molecule has 142 valence electrons. The number of carbonyl (C=O) groups excluding carboxylic acids is 2. The van der Waals surface area contributed by atoms with Crippen LogP contribution < -0.4 is 10.6 Å². The zero-order valence-corrected chi connectivity index (χ0v) is 15.1. The van der Waals surface area contributed by atoms with Gasteiger partial charge in [0.15, 0.2) is 0 Å². The molecule has 0 radical (unpaired) electrons. The summed E-state index contributed by atoms with van der Waals surface area (Å²) >= 11 is 11.6. The summed E-state index contributed by atoms with van der Waals surface area (Å²) in [6.07, 6.45) is -2.49. The van der Waals surface area contributed by atoms with Gasteiger partial charge in [0.25, 0.3) is 0 Å². The quantitative estimate of drug-likeness (QED) is 0.686. The Bertz CT molecular complexity index is 883. The average Bonchev–Trinajstić information content (AvgIpc) is 2.61. The molecule has 0 aliphatic carbocycles. The first-order valence-corrected chi connectivity index (χ1v) is 8.29. The fourth-order valence-corrected chi connectivity index (χ4v) is 2.31. The molecule has 0 saturated heterocycles. The van der Waals surface area contributed by atoms with Gasteiger partial charge in [-0.3, -0.25) is 9.59 Å². The van der Waals surface area contributed by atoms with Crippen LogP contribution in [0.25, 0.3) is 0 Å². The summed E-state index contributed by atoms with van der Waals surface area (Å²) in [7, 11) is 0. The lowest BCUT2D eigenvalue weighted by molar-refractivity contribution is -0.137. The maximum absolute atomic E-state index is 12.6. The van der Waals surface area contributed by atoms with Gasteiger partial charge < -0.3 is 10.6 Å². The summed E-state index contributed by atoms with van der Waals surface area (Å²) in [6.45, 7) is -0.110. The summed E-state index contributed by atoms with van der Waals surface area (Å²) < 4.78 is 37.9. The van der Waals surface area contributed by atoms with Crippen LogP contribution in [0.15, 0.2) is 54.6 Å². The molecule has 0 heterocycles. The van der Waals surface area contributed by atoms with Gasteiger partial charge in [0.05, 0.1) is 15.6 Å². The van der Waals surface area contributed by atoms with Gasteiger partial charge in [0, 0.05) is 24.4 Å². The molecule has 0 fully saturated rings. The zero-order chi connectivity index (χ0) is 20.0. The Morgan fingerprint density at radius 2 is 1.67 bits per heavy atom. The molecule has 2 aromatic rings. The SMILES string of the molecule is O=C(/C=C\C(=O)Nc1ccc(Cl)c(Cl)c1)NCc1cccc(C(F)(F)F)c1. The standard InChI is InChI=1S/C18H13Cl2F3N2O2/c19-14-5-4-13(9-15(14)20)25-17(27)7-6-16(26)24-10-11-2-1-3-12(8-11)18(21,22)23/h1-9H,10H2,(H,24,26)(H,25,27)/b7-6-. The van der Waals surface area contributed by atoms with Gasteiger partial charge in [0.1, 0.15) is 0 Å². The number of anilines is 1. The Morgan fingerprint density at radius 3 is 2.33 bits per heavy atom. The smallest absolute Gasteiger partial charge is 0.348 e. The molecular weight excluding hydrogens is 404 g/mol.